The van der Waals surface area contributed by atoms with Crippen LogP contribution >= 0.6 is 11.8 Å². The summed E-state index contributed by atoms with van der Waals surface area (Å²) in [6.45, 7) is 4.68. The van der Waals surface area contributed by atoms with E-state index in [0.717, 1.165) is 49.0 Å². The van der Waals surface area contributed by atoms with E-state index in [1.54, 1.807) is 0 Å². The van der Waals surface area contributed by atoms with E-state index in [-0.39, 0.29) is 12.5 Å². The van der Waals surface area contributed by atoms with Gasteiger partial charge in [0.25, 0.3) is 5.91 Å². The third-order valence-electron chi connectivity index (χ3n) is 5.13. The van der Waals surface area contributed by atoms with Crippen molar-refractivity contribution in [3.05, 3.63) is 65.1 Å². The van der Waals surface area contributed by atoms with Crippen LogP contribution in [0.5, 0.6) is 0 Å². The number of aliphatic hydroxyl groups excluding tert-OH is 1. The molecule has 1 saturated heterocycles. The summed E-state index contributed by atoms with van der Waals surface area (Å²) in [5.74, 6) is -0.155. The van der Waals surface area contributed by atoms with Crippen molar-refractivity contribution >= 4 is 28.9 Å². The highest BCUT2D eigenvalue weighted by Gasteiger charge is 2.29. The fourth-order valence-corrected chi connectivity index (χ4v) is 4.47. The lowest BCUT2D eigenvalue weighted by atomic mass is 10.0. The second-order valence-corrected chi connectivity index (χ2v) is 8.02. The first kappa shape index (κ1) is 18.9. The van der Waals surface area contributed by atoms with Gasteiger partial charge < -0.3 is 14.9 Å². The summed E-state index contributed by atoms with van der Waals surface area (Å²) >= 11 is 1.46. The number of hydrogen-bond donors (Lipinski definition) is 2. The highest BCUT2D eigenvalue weighted by Crippen LogP contribution is 2.30. The third-order valence-corrected chi connectivity index (χ3v) is 6.18. The predicted octanol–water partition coefficient (Wildman–Crippen LogP) is 1.52. The minimum Gasteiger partial charge on any atom is -0.391 e. The maximum Gasteiger partial charge on any atom is 0.286 e. The van der Waals surface area contributed by atoms with Crippen LogP contribution in [0, 0.1) is 0 Å². The molecule has 6 heteroatoms. The number of thioether (sulfide) groups is 1. The average molecular weight is 395 g/mol. The Bertz CT molecular complexity index is 886. The summed E-state index contributed by atoms with van der Waals surface area (Å²) in [5, 5.41) is 9.88. The molecule has 0 saturated carbocycles. The van der Waals surface area contributed by atoms with Gasteiger partial charge in [-0.25, -0.2) is 0 Å². The van der Waals surface area contributed by atoms with Gasteiger partial charge in [-0.05, 0) is 34.5 Å². The lowest BCUT2D eigenvalue weighted by Gasteiger charge is -2.32. The molecule has 0 radical (unpaired) electrons. The average Bonchev–Trinajstić information content (AvgIpc) is 3.10. The standard InChI is InChI=1S/C22H23N3O2S/c26-15-14-24-10-12-25(13-11-24)22-23-21(27)20(28-22)16-17-6-8-19(9-7-17)18-4-2-1-3-5-18/h1-9,16,26H,10-15H2/p+1/b20-16-. The van der Waals surface area contributed by atoms with Crippen LogP contribution in [0.15, 0.2) is 64.5 Å². The minimum atomic E-state index is -0.155. The Labute approximate surface area is 169 Å². The van der Waals surface area contributed by atoms with Gasteiger partial charge in [-0.2, -0.15) is 4.99 Å². The van der Waals surface area contributed by atoms with E-state index >= 15 is 0 Å². The van der Waals surface area contributed by atoms with Crippen molar-refractivity contribution in [3.8, 4) is 11.1 Å². The second kappa shape index (κ2) is 8.73. The smallest absolute Gasteiger partial charge is 0.286 e. The Balaban J connectivity index is 1.41. The number of amidine groups is 1. The van der Waals surface area contributed by atoms with Crippen molar-refractivity contribution in [2.24, 2.45) is 4.99 Å². The van der Waals surface area contributed by atoms with Gasteiger partial charge in [0.15, 0.2) is 5.17 Å². The predicted molar refractivity (Wildman–Crippen MR) is 114 cm³/mol. The molecule has 0 aromatic heterocycles. The fourth-order valence-electron chi connectivity index (χ4n) is 3.51. The Hall–Kier alpha value is -2.41. The van der Waals surface area contributed by atoms with Crippen molar-refractivity contribution in [1.82, 2.24) is 4.90 Å². The van der Waals surface area contributed by atoms with E-state index in [1.165, 1.54) is 22.2 Å². The number of piperazine rings is 1. The molecular weight excluding hydrogens is 370 g/mol. The first-order valence-corrected chi connectivity index (χ1v) is 10.4. The molecule has 0 atom stereocenters. The molecule has 0 aliphatic carbocycles. The monoisotopic (exact) mass is 394 g/mol. The molecule has 144 valence electrons. The van der Waals surface area contributed by atoms with Crippen LogP contribution in [-0.2, 0) is 4.79 Å². The highest BCUT2D eigenvalue weighted by atomic mass is 32.2. The topological polar surface area (TPSA) is 57.3 Å². The summed E-state index contributed by atoms with van der Waals surface area (Å²) in [4.78, 5) is 20.9. The van der Waals surface area contributed by atoms with Crippen LogP contribution in [0.25, 0.3) is 17.2 Å². The number of amides is 1. The largest absolute Gasteiger partial charge is 0.391 e. The van der Waals surface area contributed by atoms with Crippen molar-refractivity contribution in [2.45, 2.75) is 0 Å². The van der Waals surface area contributed by atoms with Gasteiger partial charge in [0.1, 0.15) is 6.54 Å². The van der Waals surface area contributed by atoms with Crippen LogP contribution in [0.1, 0.15) is 5.56 Å². The zero-order valence-electron chi connectivity index (χ0n) is 15.7. The summed E-state index contributed by atoms with van der Waals surface area (Å²) in [6.07, 6.45) is 1.92. The zero-order valence-corrected chi connectivity index (χ0v) is 16.5. The maximum atomic E-state index is 12.3. The van der Waals surface area contributed by atoms with Crippen molar-refractivity contribution < 1.29 is 14.8 Å². The normalized spacial score (nSPS) is 19.3. The van der Waals surface area contributed by atoms with Gasteiger partial charge in [0.2, 0.25) is 0 Å². The Morgan fingerprint density at radius 1 is 1.04 bits per heavy atom. The van der Waals surface area contributed by atoms with Gasteiger partial charge >= 0.3 is 0 Å². The first-order valence-electron chi connectivity index (χ1n) is 9.60. The number of carbonyl (C=O) groups is 1. The third kappa shape index (κ3) is 4.35. The lowest BCUT2D eigenvalue weighted by Crippen LogP contribution is -3.15. The molecule has 2 aliphatic rings. The van der Waals surface area contributed by atoms with Gasteiger partial charge in [0.05, 0.1) is 37.7 Å². The number of aliphatic hydroxyl groups is 1. The molecule has 0 spiro atoms. The molecule has 0 bridgehead atoms. The number of carbonyl (C=O) groups excluding carboxylic acids is 1. The molecule has 0 unspecified atom stereocenters. The molecular formula is C22H24N3O2S+. The molecule has 1 amide bonds. The summed E-state index contributed by atoms with van der Waals surface area (Å²) < 4.78 is 0. The van der Waals surface area contributed by atoms with Gasteiger partial charge in [-0.1, -0.05) is 54.6 Å². The van der Waals surface area contributed by atoms with Crippen LogP contribution in [0.2, 0.25) is 0 Å². The van der Waals surface area contributed by atoms with Crippen LogP contribution in [-0.4, -0.2) is 60.4 Å². The molecule has 4 rings (SSSR count). The zero-order chi connectivity index (χ0) is 19.3. The van der Waals surface area contributed by atoms with Crippen LogP contribution in [0.3, 0.4) is 0 Å². The molecule has 2 N–H and O–H groups in total. The Morgan fingerprint density at radius 3 is 2.39 bits per heavy atom. The molecule has 2 heterocycles. The van der Waals surface area contributed by atoms with E-state index in [9.17, 15) is 4.79 Å². The Morgan fingerprint density at radius 2 is 1.71 bits per heavy atom. The number of aliphatic imine (C=N–C) groups is 1. The van der Waals surface area contributed by atoms with Crippen molar-refractivity contribution in [1.29, 1.82) is 0 Å². The minimum absolute atomic E-state index is 0.155. The Kier molecular flexibility index (Phi) is 5.90. The van der Waals surface area contributed by atoms with E-state index < -0.39 is 0 Å². The molecule has 28 heavy (non-hydrogen) atoms. The van der Waals surface area contributed by atoms with Gasteiger partial charge in [-0.3, -0.25) is 4.79 Å². The summed E-state index contributed by atoms with van der Waals surface area (Å²) in [7, 11) is 0. The van der Waals surface area contributed by atoms with E-state index in [1.807, 2.05) is 36.4 Å². The van der Waals surface area contributed by atoms with E-state index in [4.69, 9.17) is 5.11 Å². The van der Waals surface area contributed by atoms with Crippen LogP contribution < -0.4 is 4.90 Å². The van der Waals surface area contributed by atoms with Crippen molar-refractivity contribution in [2.75, 3.05) is 39.3 Å². The summed E-state index contributed by atoms with van der Waals surface area (Å²) in [6, 6.07) is 18.5. The van der Waals surface area contributed by atoms with Gasteiger partial charge in [-0.15, -0.1) is 0 Å². The number of nitrogens with zero attached hydrogens (tertiary/aromatic N) is 2. The first-order chi connectivity index (χ1) is 13.7. The summed E-state index contributed by atoms with van der Waals surface area (Å²) in [5.41, 5.74) is 3.35. The molecule has 2 aromatic rings. The number of benzene rings is 2. The second-order valence-electron chi connectivity index (χ2n) is 7.01. The van der Waals surface area contributed by atoms with E-state index in [2.05, 4.69) is 34.2 Å². The SMILES string of the molecule is O=C1N=C(N2CC[NH+](CCO)CC2)S/C1=C\c1ccc(-c2ccccc2)cc1. The molecule has 2 aromatic carbocycles. The molecule has 1 fully saturated rings. The lowest BCUT2D eigenvalue weighted by molar-refractivity contribution is -0.904. The number of nitrogens with one attached hydrogen (secondary N) is 1. The van der Waals surface area contributed by atoms with E-state index in [0.29, 0.717) is 4.91 Å². The molecule has 2 aliphatic heterocycles. The number of quaternary nitrogens is 1. The quantitative estimate of drug-likeness (QED) is 0.772. The fraction of sp³-hybridized carbons (Fsp3) is 0.273. The highest BCUT2D eigenvalue weighted by molar-refractivity contribution is 8.18. The molecule has 5 nitrogen and oxygen atoms in total. The van der Waals surface area contributed by atoms with Crippen LogP contribution in [0.4, 0.5) is 0 Å². The number of rotatable bonds is 4. The maximum absolute atomic E-state index is 12.3. The van der Waals surface area contributed by atoms with Crippen molar-refractivity contribution in [3.63, 3.8) is 0 Å². The van der Waals surface area contributed by atoms with Gasteiger partial charge in [0, 0.05) is 0 Å². The number of hydrogen-bond acceptors (Lipinski definition) is 4.